The third-order valence-corrected chi connectivity index (χ3v) is 3.79. The number of hydrogen-bond donors (Lipinski definition) is 3. The van der Waals surface area contributed by atoms with Crippen LogP contribution >= 0.6 is 11.3 Å². The Hall–Kier alpha value is -1.67. The lowest BCUT2D eigenvalue weighted by atomic mass is 10.2. The molecule has 0 unspecified atom stereocenters. The van der Waals surface area contributed by atoms with Crippen LogP contribution in [-0.4, -0.2) is 35.2 Å². The smallest absolute Gasteiger partial charge is 0.407 e. The zero-order chi connectivity index (χ0) is 16.5. The fourth-order valence-electron chi connectivity index (χ4n) is 1.39. The summed E-state index contributed by atoms with van der Waals surface area (Å²) in [6.45, 7) is 5.97. The molecule has 3 N–H and O–H groups in total. The van der Waals surface area contributed by atoms with Crippen LogP contribution in [0.15, 0.2) is 6.20 Å². The van der Waals surface area contributed by atoms with E-state index in [1.165, 1.54) is 17.5 Å². The molecule has 0 aliphatic heterocycles. The Kier molecular flexibility index (Phi) is 7.83. The zero-order valence-electron chi connectivity index (χ0n) is 13.1. The largest absolute Gasteiger partial charge is 0.450 e. The topological polar surface area (TPSA) is 101 Å². The molecule has 0 spiro atoms. The fourth-order valence-corrected chi connectivity index (χ4v) is 2.19. The molecule has 124 valence electrons. The van der Waals surface area contributed by atoms with Crippen LogP contribution in [0, 0.1) is 5.92 Å². The molecule has 0 fully saturated rings. The average Bonchev–Trinajstić information content (AvgIpc) is 2.93. The number of hydrogen-bond acceptors (Lipinski definition) is 6. The van der Waals surface area contributed by atoms with Crippen molar-refractivity contribution in [3.63, 3.8) is 0 Å². The van der Waals surface area contributed by atoms with Crippen LogP contribution in [0.2, 0.25) is 0 Å². The summed E-state index contributed by atoms with van der Waals surface area (Å²) in [6.07, 6.45) is 1.80. The first kappa shape index (κ1) is 18.4. The Morgan fingerprint density at radius 2 is 2.18 bits per heavy atom. The quantitative estimate of drug-likeness (QED) is 0.635. The third kappa shape index (κ3) is 6.40. The molecule has 1 rings (SSSR count). The van der Waals surface area contributed by atoms with Crippen molar-refractivity contribution >= 4 is 28.5 Å². The Morgan fingerprint density at radius 1 is 1.45 bits per heavy atom. The fraction of sp³-hybridized carbons (Fsp3) is 0.643. The number of rotatable bonds is 8. The van der Waals surface area contributed by atoms with Crippen LogP contribution in [0.5, 0.6) is 0 Å². The van der Waals surface area contributed by atoms with Crippen molar-refractivity contribution in [3.8, 4) is 0 Å². The van der Waals surface area contributed by atoms with Crippen LogP contribution in [0.1, 0.15) is 44.6 Å². The number of carbonyl (C=O) groups is 2. The van der Waals surface area contributed by atoms with Crippen molar-refractivity contribution < 1.29 is 19.4 Å². The van der Waals surface area contributed by atoms with Crippen LogP contribution in [0.3, 0.4) is 0 Å². The van der Waals surface area contributed by atoms with Crippen LogP contribution in [0.25, 0.3) is 0 Å². The summed E-state index contributed by atoms with van der Waals surface area (Å²) in [5.41, 5.74) is 0. The number of amides is 2. The molecule has 1 heterocycles. The number of unbranched alkanes of at least 4 members (excludes halogenated alkanes) is 1. The van der Waals surface area contributed by atoms with Gasteiger partial charge in [-0.1, -0.05) is 38.5 Å². The van der Waals surface area contributed by atoms with Crippen LogP contribution in [0.4, 0.5) is 9.93 Å². The monoisotopic (exact) mass is 329 g/mol. The van der Waals surface area contributed by atoms with Gasteiger partial charge in [-0.3, -0.25) is 4.79 Å². The van der Waals surface area contributed by atoms with E-state index in [1.54, 1.807) is 13.8 Å². The Balaban J connectivity index is 2.39. The van der Waals surface area contributed by atoms with E-state index in [-0.39, 0.29) is 18.4 Å². The van der Waals surface area contributed by atoms with Gasteiger partial charge in [-0.05, 0) is 6.42 Å². The molecular formula is C14H23N3O4S. The highest BCUT2D eigenvalue weighted by atomic mass is 32.1. The highest BCUT2D eigenvalue weighted by molar-refractivity contribution is 7.15. The molecule has 8 heteroatoms. The third-order valence-electron chi connectivity index (χ3n) is 2.78. The molecule has 0 aromatic carbocycles. The number of alkyl carbamates (subject to hydrolysis) is 1. The molecule has 0 radical (unpaired) electrons. The van der Waals surface area contributed by atoms with Gasteiger partial charge in [-0.25, -0.2) is 9.78 Å². The van der Waals surface area contributed by atoms with Gasteiger partial charge in [0.1, 0.15) is 6.10 Å². The molecule has 0 saturated heterocycles. The van der Waals surface area contributed by atoms with E-state index in [1.807, 2.05) is 6.92 Å². The van der Waals surface area contributed by atoms with Crippen LogP contribution in [-0.2, 0) is 9.53 Å². The molecule has 0 aliphatic rings. The molecule has 7 nitrogen and oxygen atoms in total. The van der Waals surface area contributed by atoms with Gasteiger partial charge in [-0.15, -0.1) is 0 Å². The van der Waals surface area contributed by atoms with Crippen molar-refractivity contribution in [2.45, 2.75) is 39.7 Å². The Bertz CT molecular complexity index is 490. The molecular weight excluding hydrogens is 306 g/mol. The first-order valence-corrected chi connectivity index (χ1v) is 8.11. The summed E-state index contributed by atoms with van der Waals surface area (Å²) in [5, 5.41) is 15.6. The maximum atomic E-state index is 11.6. The van der Waals surface area contributed by atoms with E-state index >= 15 is 0 Å². The number of aliphatic hydroxyl groups is 1. The number of carbonyl (C=O) groups excluding carboxylic acids is 2. The van der Waals surface area contributed by atoms with E-state index in [0.29, 0.717) is 16.6 Å². The molecule has 2 amide bonds. The highest BCUT2D eigenvalue weighted by Crippen LogP contribution is 2.24. The van der Waals surface area contributed by atoms with Gasteiger partial charge in [0.25, 0.3) is 0 Å². The minimum absolute atomic E-state index is 0.0325. The van der Waals surface area contributed by atoms with Crippen molar-refractivity contribution in [1.29, 1.82) is 0 Å². The minimum atomic E-state index is -0.888. The van der Waals surface area contributed by atoms with Gasteiger partial charge in [0, 0.05) is 12.1 Å². The standard InChI is InChI=1S/C14H23N3O4S/c1-4-5-6-21-14(20)16-7-10(18)11-8-15-13(22-11)17-12(19)9(2)3/h8-10,18H,4-7H2,1-3H3,(H,16,20)(H,15,17,19)/t10-/m0/s1. The van der Waals surface area contributed by atoms with E-state index < -0.39 is 12.2 Å². The van der Waals surface area contributed by atoms with Crippen molar-refractivity contribution in [2.75, 3.05) is 18.5 Å². The van der Waals surface area contributed by atoms with Gasteiger partial charge >= 0.3 is 6.09 Å². The summed E-state index contributed by atoms with van der Waals surface area (Å²) in [4.78, 5) is 27.5. The summed E-state index contributed by atoms with van der Waals surface area (Å²) in [7, 11) is 0. The summed E-state index contributed by atoms with van der Waals surface area (Å²) in [5.74, 6) is -0.273. The van der Waals surface area contributed by atoms with Gasteiger partial charge in [0.05, 0.1) is 18.0 Å². The summed E-state index contributed by atoms with van der Waals surface area (Å²) < 4.78 is 4.92. The number of anilines is 1. The predicted octanol–water partition coefficient (Wildman–Crippen LogP) is 2.30. The Morgan fingerprint density at radius 3 is 2.82 bits per heavy atom. The number of thiazole rings is 1. The van der Waals surface area contributed by atoms with E-state index in [4.69, 9.17) is 4.74 Å². The van der Waals surface area contributed by atoms with E-state index in [0.717, 1.165) is 12.8 Å². The first-order chi connectivity index (χ1) is 10.4. The predicted molar refractivity (Wildman–Crippen MR) is 84.8 cm³/mol. The maximum Gasteiger partial charge on any atom is 0.407 e. The van der Waals surface area contributed by atoms with E-state index in [2.05, 4.69) is 15.6 Å². The molecule has 22 heavy (non-hydrogen) atoms. The van der Waals surface area contributed by atoms with Crippen molar-refractivity contribution in [1.82, 2.24) is 10.3 Å². The number of aromatic nitrogens is 1. The van der Waals surface area contributed by atoms with Gasteiger partial charge in [0.2, 0.25) is 5.91 Å². The van der Waals surface area contributed by atoms with Crippen molar-refractivity contribution in [3.05, 3.63) is 11.1 Å². The molecule has 0 aliphatic carbocycles. The molecule has 1 aromatic heterocycles. The summed E-state index contributed by atoms with van der Waals surface area (Å²) >= 11 is 1.17. The lowest BCUT2D eigenvalue weighted by Crippen LogP contribution is -2.29. The minimum Gasteiger partial charge on any atom is -0.450 e. The first-order valence-electron chi connectivity index (χ1n) is 7.29. The molecule has 1 aromatic rings. The zero-order valence-corrected chi connectivity index (χ0v) is 13.9. The van der Waals surface area contributed by atoms with Gasteiger partial charge in [0.15, 0.2) is 5.13 Å². The van der Waals surface area contributed by atoms with Gasteiger partial charge < -0.3 is 20.5 Å². The SMILES string of the molecule is CCCCOC(=O)NC[C@H](O)c1cnc(NC(=O)C(C)C)s1. The number of ether oxygens (including phenoxy) is 1. The van der Waals surface area contributed by atoms with Crippen LogP contribution < -0.4 is 10.6 Å². The molecule has 0 saturated carbocycles. The second-order valence-electron chi connectivity index (χ2n) is 5.10. The lowest BCUT2D eigenvalue weighted by Gasteiger charge is -2.10. The van der Waals surface area contributed by atoms with Gasteiger partial charge in [-0.2, -0.15) is 0 Å². The summed E-state index contributed by atoms with van der Waals surface area (Å²) in [6, 6.07) is 0. The second-order valence-corrected chi connectivity index (χ2v) is 6.16. The Labute approximate surface area is 134 Å². The van der Waals surface area contributed by atoms with Crippen molar-refractivity contribution in [2.24, 2.45) is 5.92 Å². The van der Waals surface area contributed by atoms with E-state index in [9.17, 15) is 14.7 Å². The second kappa shape index (κ2) is 9.37. The maximum absolute atomic E-state index is 11.6. The molecule has 0 bridgehead atoms. The number of aliphatic hydroxyl groups excluding tert-OH is 1. The number of nitrogens with zero attached hydrogens (tertiary/aromatic N) is 1. The lowest BCUT2D eigenvalue weighted by molar-refractivity contribution is -0.118. The molecule has 1 atom stereocenters. The number of nitrogens with one attached hydrogen (secondary N) is 2. The average molecular weight is 329 g/mol. The normalized spacial score (nSPS) is 12.0. The highest BCUT2D eigenvalue weighted by Gasteiger charge is 2.15.